The zero-order chi connectivity index (χ0) is 13.3. The lowest BCUT2D eigenvalue weighted by Gasteiger charge is -2.21. The Labute approximate surface area is 100 Å². The highest BCUT2D eigenvalue weighted by molar-refractivity contribution is 5.79. The maximum atomic E-state index is 4.06. The lowest BCUT2D eigenvalue weighted by atomic mass is 10.6. The van der Waals surface area contributed by atoms with E-state index in [1.165, 1.54) is 0 Å². The molecule has 16 heavy (non-hydrogen) atoms. The van der Waals surface area contributed by atoms with E-state index in [1.54, 1.807) is 14.1 Å². The van der Waals surface area contributed by atoms with Gasteiger partial charge in [-0.25, -0.2) is 0 Å². The van der Waals surface area contributed by atoms with Crippen LogP contribution in [0.1, 0.15) is 6.92 Å². The highest BCUT2D eigenvalue weighted by Gasteiger charge is 1.99. The molecular formula is C11H27N5. The molecule has 0 N–H and O–H groups in total. The second-order valence-corrected chi connectivity index (χ2v) is 3.98. The average molecular weight is 229 g/mol. The number of hydrogen-bond donors (Lipinski definition) is 0. The van der Waals surface area contributed by atoms with Gasteiger partial charge in [0.05, 0.1) is 5.84 Å². The second-order valence-electron chi connectivity index (χ2n) is 3.98. The smallest absolute Gasteiger partial charge is 0.195 e. The summed E-state index contributed by atoms with van der Waals surface area (Å²) in [4.78, 5) is 13.9. The van der Waals surface area contributed by atoms with Gasteiger partial charge < -0.3 is 14.7 Å². The van der Waals surface area contributed by atoms with Crippen molar-refractivity contribution in [2.45, 2.75) is 6.92 Å². The minimum atomic E-state index is 0.981. The Morgan fingerprint density at radius 2 is 1.06 bits per heavy atom. The van der Waals surface area contributed by atoms with Crippen molar-refractivity contribution in [3.05, 3.63) is 0 Å². The van der Waals surface area contributed by atoms with Crippen LogP contribution in [-0.4, -0.2) is 82.9 Å². The van der Waals surface area contributed by atoms with E-state index in [2.05, 4.69) is 9.98 Å². The van der Waals surface area contributed by atoms with Crippen LogP contribution in [-0.2, 0) is 0 Å². The number of nitrogens with zero attached hydrogens (tertiary/aromatic N) is 5. The third-order valence-corrected chi connectivity index (χ3v) is 1.97. The quantitative estimate of drug-likeness (QED) is 0.453. The first-order chi connectivity index (χ1) is 7.27. The molecular weight excluding hydrogens is 202 g/mol. The van der Waals surface area contributed by atoms with Gasteiger partial charge in [0.25, 0.3) is 0 Å². The van der Waals surface area contributed by atoms with Crippen LogP contribution >= 0.6 is 0 Å². The lowest BCUT2D eigenvalue weighted by molar-refractivity contribution is 0.482. The van der Waals surface area contributed by atoms with Crippen LogP contribution in [0.5, 0.6) is 0 Å². The van der Waals surface area contributed by atoms with Crippen molar-refractivity contribution in [1.82, 2.24) is 14.7 Å². The Hall–Kier alpha value is -1.26. The molecule has 0 aromatic heterocycles. The summed E-state index contributed by atoms with van der Waals surface area (Å²) in [6.45, 7) is 1.97. The summed E-state index contributed by atoms with van der Waals surface area (Å²) in [7, 11) is 15.4. The van der Waals surface area contributed by atoms with Crippen molar-refractivity contribution >= 4 is 11.8 Å². The standard InChI is InChI=1S/C6H15N3.C5H12N2/c1-7-6(8(2)3)9(4)5;1-5(6-2)7(3)4/h1-5H3;1-4H3. The summed E-state index contributed by atoms with van der Waals surface area (Å²) in [5, 5.41) is 0. The van der Waals surface area contributed by atoms with E-state index in [4.69, 9.17) is 0 Å². The number of guanidine groups is 1. The summed E-state index contributed by atoms with van der Waals surface area (Å²) in [6, 6.07) is 0. The Morgan fingerprint density at radius 3 is 1.06 bits per heavy atom. The van der Waals surface area contributed by atoms with E-state index in [9.17, 15) is 0 Å². The zero-order valence-corrected chi connectivity index (χ0v) is 12.2. The van der Waals surface area contributed by atoms with Gasteiger partial charge in [0.1, 0.15) is 0 Å². The molecule has 0 bridgehead atoms. The minimum absolute atomic E-state index is 0.981. The summed E-state index contributed by atoms with van der Waals surface area (Å²) in [6.07, 6.45) is 0. The zero-order valence-electron chi connectivity index (χ0n) is 12.2. The summed E-state index contributed by atoms with van der Waals surface area (Å²) in [5.41, 5.74) is 0. The summed E-state index contributed by atoms with van der Waals surface area (Å²) in [5.74, 6) is 2.04. The number of amidine groups is 1. The van der Waals surface area contributed by atoms with Gasteiger partial charge in [-0.1, -0.05) is 0 Å². The Kier molecular flexibility index (Phi) is 9.65. The molecule has 0 saturated heterocycles. The molecule has 0 heterocycles. The maximum absolute atomic E-state index is 4.06. The largest absolute Gasteiger partial charge is 0.367 e. The van der Waals surface area contributed by atoms with E-state index in [-0.39, 0.29) is 0 Å². The van der Waals surface area contributed by atoms with Gasteiger partial charge in [0.15, 0.2) is 5.96 Å². The van der Waals surface area contributed by atoms with Crippen LogP contribution in [0.4, 0.5) is 0 Å². The molecule has 0 aliphatic rings. The van der Waals surface area contributed by atoms with Crippen LogP contribution in [0.2, 0.25) is 0 Å². The normalized spacial score (nSPS) is 9.94. The van der Waals surface area contributed by atoms with Gasteiger partial charge in [0, 0.05) is 56.4 Å². The molecule has 0 aliphatic heterocycles. The monoisotopic (exact) mass is 229 g/mol. The predicted octanol–water partition coefficient (Wildman–Crippen LogP) is 0.692. The summed E-state index contributed by atoms with van der Waals surface area (Å²) >= 11 is 0. The molecule has 96 valence electrons. The Bertz CT molecular complexity index is 219. The maximum Gasteiger partial charge on any atom is 0.195 e. The molecule has 5 nitrogen and oxygen atoms in total. The van der Waals surface area contributed by atoms with E-state index < -0.39 is 0 Å². The van der Waals surface area contributed by atoms with Crippen molar-refractivity contribution < 1.29 is 0 Å². The SMILES string of the molecule is CN=C(C)N(C)C.CN=C(N(C)C)N(C)C. The van der Waals surface area contributed by atoms with Crippen LogP contribution in [0, 0.1) is 0 Å². The van der Waals surface area contributed by atoms with Crippen LogP contribution in [0.3, 0.4) is 0 Å². The molecule has 0 atom stereocenters. The fraction of sp³-hybridized carbons (Fsp3) is 0.818. The van der Waals surface area contributed by atoms with Crippen molar-refractivity contribution in [1.29, 1.82) is 0 Å². The third-order valence-electron chi connectivity index (χ3n) is 1.97. The van der Waals surface area contributed by atoms with E-state index >= 15 is 0 Å². The van der Waals surface area contributed by atoms with Crippen LogP contribution in [0.15, 0.2) is 9.98 Å². The van der Waals surface area contributed by atoms with E-state index in [0.29, 0.717) is 0 Å². The fourth-order valence-electron chi connectivity index (χ4n) is 1.000. The first-order valence-corrected chi connectivity index (χ1v) is 5.20. The highest BCUT2D eigenvalue weighted by Crippen LogP contribution is 1.85. The van der Waals surface area contributed by atoms with Crippen molar-refractivity contribution in [2.75, 3.05) is 56.4 Å². The number of aliphatic imine (C=N–C) groups is 2. The molecule has 0 unspecified atom stereocenters. The number of hydrogen-bond acceptors (Lipinski definition) is 2. The van der Waals surface area contributed by atoms with Gasteiger partial charge in [0.2, 0.25) is 0 Å². The van der Waals surface area contributed by atoms with Gasteiger partial charge in [-0.05, 0) is 6.92 Å². The van der Waals surface area contributed by atoms with Crippen LogP contribution < -0.4 is 0 Å². The van der Waals surface area contributed by atoms with Crippen molar-refractivity contribution in [2.24, 2.45) is 9.98 Å². The van der Waals surface area contributed by atoms with Gasteiger partial charge in [-0.2, -0.15) is 0 Å². The minimum Gasteiger partial charge on any atom is -0.367 e. The molecule has 0 aromatic rings. The van der Waals surface area contributed by atoms with Gasteiger partial charge in [-0.15, -0.1) is 0 Å². The molecule has 0 rings (SSSR count). The first-order valence-electron chi connectivity index (χ1n) is 5.20. The second kappa shape index (κ2) is 9.00. The molecule has 0 fully saturated rings. The molecule has 0 saturated carbocycles. The lowest BCUT2D eigenvalue weighted by Crippen LogP contribution is -2.35. The van der Waals surface area contributed by atoms with E-state index in [1.807, 2.05) is 63.9 Å². The Morgan fingerprint density at radius 1 is 0.688 bits per heavy atom. The summed E-state index contributed by atoms with van der Waals surface area (Å²) < 4.78 is 0. The number of rotatable bonds is 0. The van der Waals surface area contributed by atoms with Crippen molar-refractivity contribution in [3.63, 3.8) is 0 Å². The molecule has 0 spiro atoms. The van der Waals surface area contributed by atoms with E-state index in [0.717, 1.165) is 11.8 Å². The highest BCUT2D eigenvalue weighted by atomic mass is 15.3. The van der Waals surface area contributed by atoms with Crippen LogP contribution in [0.25, 0.3) is 0 Å². The molecule has 0 aromatic carbocycles. The fourth-order valence-corrected chi connectivity index (χ4v) is 1.000. The first kappa shape index (κ1) is 17.1. The van der Waals surface area contributed by atoms with Crippen molar-refractivity contribution in [3.8, 4) is 0 Å². The molecule has 0 radical (unpaired) electrons. The predicted molar refractivity (Wildman–Crippen MR) is 73.5 cm³/mol. The third kappa shape index (κ3) is 8.08. The average Bonchev–Trinajstić information content (AvgIpc) is 2.17. The molecule has 5 heteroatoms. The van der Waals surface area contributed by atoms with Gasteiger partial charge in [-0.3, -0.25) is 9.98 Å². The Balaban J connectivity index is 0. The van der Waals surface area contributed by atoms with Gasteiger partial charge >= 0.3 is 0 Å². The molecule has 0 aliphatic carbocycles. The molecule has 0 amide bonds. The topological polar surface area (TPSA) is 34.4 Å².